The topological polar surface area (TPSA) is 86.7 Å². The van der Waals surface area contributed by atoms with Gasteiger partial charge < -0.3 is 10.4 Å². The van der Waals surface area contributed by atoms with Gasteiger partial charge in [-0.15, -0.1) is 0 Å². The number of nitrogens with zero attached hydrogens (tertiary/aromatic N) is 1. The third kappa shape index (κ3) is 5.41. The maximum atomic E-state index is 13.3. The van der Waals surface area contributed by atoms with Crippen LogP contribution >= 0.6 is 11.6 Å². The first-order chi connectivity index (χ1) is 14.6. The molecule has 0 radical (unpaired) electrons. The van der Waals surface area contributed by atoms with Gasteiger partial charge in [-0.1, -0.05) is 24.6 Å². The Bertz CT molecular complexity index is 1080. The number of carbonyl (C=O) groups is 1. The number of sulfonamides is 1. The van der Waals surface area contributed by atoms with E-state index in [9.17, 15) is 27.1 Å². The van der Waals surface area contributed by atoms with Crippen LogP contribution in [-0.4, -0.2) is 43.4 Å². The third-order valence-electron chi connectivity index (χ3n) is 5.22. The van der Waals surface area contributed by atoms with Crippen molar-refractivity contribution < 1.29 is 27.1 Å². The fourth-order valence-corrected chi connectivity index (χ4v) is 5.57. The van der Waals surface area contributed by atoms with Crippen LogP contribution in [0.1, 0.15) is 41.8 Å². The summed E-state index contributed by atoms with van der Waals surface area (Å²) in [5, 5.41) is 12.6. The molecule has 0 bridgehead atoms. The molecule has 1 aliphatic heterocycles. The molecule has 6 nitrogen and oxygen atoms in total. The molecule has 1 amide bonds. The zero-order valence-electron chi connectivity index (χ0n) is 16.8. The molecule has 2 aromatic carbocycles. The van der Waals surface area contributed by atoms with Gasteiger partial charge in [-0.3, -0.25) is 4.79 Å². The van der Waals surface area contributed by atoms with E-state index < -0.39 is 33.7 Å². The molecule has 2 atom stereocenters. The number of carbonyl (C=O) groups excluding carboxylic acids is 1. The van der Waals surface area contributed by atoms with Crippen molar-refractivity contribution in [2.45, 2.75) is 30.8 Å². The van der Waals surface area contributed by atoms with Crippen molar-refractivity contribution >= 4 is 27.5 Å². The van der Waals surface area contributed by atoms with Gasteiger partial charge in [-0.25, -0.2) is 17.2 Å². The van der Waals surface area contributed by atoms with E-state index in [0.717, 1.165) is 25.0 Å². The second-order valence-electron chi connectivity index (χ2n) is 7.66. The van der Waals surface area contributed by atoms with Crippen molar-refractivity contribution in [2.24, 2.45) is 5.92 Å². The van der Waals surface area contributed by atoms with Crippen molar-refractivity contribution in [2.75, 3.05) is 19.6 Å². The smallest absolute Gasteiger partial charge is 0.251 e. The summed E-state index contributed by atoms with van der Waals surface area (Å²) in [5.74, 6) is -2.56. The molecule has 2 unspecified atom stereocenters. The molecule has 3 rings (SSSR count). The number of aliphatic hydroxyl groups is 1. The first-order valence-corrected chi connectivity index (χ1v) is 11.6. The monoisotopic (exact) mass is 472 g/mol. The summed E-state index contributed by atoms with van der Waals surface area (Å²) in [4.78, 5) is 12.4. The standard InChI is InChI=1S/C21H23ClF2N2O4S/c1-13-3-2-8-26(12-13)31(29,30)20-10-15(4-6-16(20)22)21(28)25-11-19(27)14-5-7-17(23)18(24)9-14/h4-7,9-10,13,19,27H,2-3,8,11-12H2,1H3,(H,25,28). The van der Waals surface area contributed by atoms with Gasteiger partial charge >= 0.3 is 0 Å². The summed E-state index contributed by atoms with van der Waals surface area (Å²) in [6.45, 7) is 2.47. The highest BCUT2D eigenvalue weighted by Crippen LogP contribution is 2.29. The van der Waals surface area contributed by atoms with Crippen LogP contribution in [0.2, 0.25) is 5.02 Å². The SMILES string of the molecule is CC1CCCN(S(=O)(=O)c2cc(C(=O)NCC(O)c3ccc(F)c(F)c3)ccc2Cl)C1. The minimum Gasteiger partial charge on any atom is -0.387 e. The summed E-state index contributed by atoms with van der Waals surface area (Å²) >= 11 is 6.13. The quantitative estimate of drug-likeness (QED) is 0.673. The fourth-order valence-electron chi connectivity index (χ4n) is 3.47. The number of nitrogens with one attached hydrogen (secondary N) is 1. The van der Waals surface area contributed by atoms with Gasteiger partial charge in [0.15, 0.2) is 11.6 Å². The molecular weight excluding hydrogens is 450 g/mol. The van der Waals surface area contributed by atoms with Crippen LogP contribution in [0.5, 0.6) is 0 Å². The van der Waals surface area contributed by atoms with E-state index >= 15 is 0 Å². The Kier molecular flexibility index (Phi) is 7.31. The van der Waals surface area contributed by atoms with Gasteiger partial charge in [-0.2, -0.15) is 4.31 Å². The summed E-state index contributed by atoms with van der Waals surface area (Å²) < 4.78 is 53.8. The second kappa shape index (κ2) is 9.60. The number of amides is 1. The van der Waals surface area contributed by atoms with Crippen LogP contribution in [0, 0.1) is 17.6 Å². The van der Waals surface area contributed by atoms with E-state index in [1.807, 2.05) is 6.92 Å². The number of piperidine rings is 1. The van der Waals surface area contributed by atoms with E-state index in [-0.39, 0.29) is 33.5 Å². The van der Waals surface area contributed by atoms with E-state index in [0.29, 0.717) is 13.1 Å². The number of benzene rings is 2. The maximum Gasteiger partial charge on any atom is 0.251 e. The molecule has 0 spiro atoms. The molecule has 168 valence electrons. The average molecular weight is 473 g/mol. The maximum absolute atomic E-state index is 13.3. The number of rotatable bonds is 6. The summed E-state index contributed by atoms with van der Waals surface area (Å²) in [7, 11) is -3.87. The van der Waals surface area contributed by atoms with E-state index in [1.165, 1.54) is 28.6 Å². The third-order valence-corrected chi connectivity index (χ3v) is 7.56. The fraction of sp³-hybridized carbons (Fsp3) is 0.381. The van der Waals surface area contributed by atoms with Gasteiger partial charge in [0.2, 0.25) is 10.0 Å². The lowest BCUT2D eigenvalue weighted by atomic mass is 10.0. The van der Waals surface area contributed by atoms with Crippen LogP contribution in [-0.2, 0) is 10.0 Å². The average Bonchev–Trinajstić information content (AvgIpc) is 2.74. The Hall–Kier alpha value is -2.07. The van der Waals surface area contributed by atoms with Crippen molar-refractivity contribution in [1.82, 2.24) is 9.62 Å². The molecule has 1 fully saturated rings. The normalized spacial score (nSPS) is 18.5. The number of hydrogen-bond acceptors (Lipinski definition) is 4. The largest absolute Gasteiger partial charge is 0.387 e. The lowest BCUT2D eigenvalue weighted by Gasteiger charge is -2.30. The van der Waals surface area contributed by atoms with Crippen LogP contribution < -0.4 is 5.32 Å². The van der Waals surface area contributed by atoms with Crippen LogP contribution in [0.3, 0.4) is 0 Å². The highest BCUT2D eigenvalue weighted by molar-refractivity contribution is 7.89. The Morgan fingerprint density at radius 1 is 1.26 bits per heavy atom. The first kappa shape index (κ1) is 23.6. The molecule has 0 aromatic heterocycles. The lowest BCUT2D eigenvalue weighted by Crippen LogP contribution is -2.39. The van der Waals surface area contributed by atoms with Gasteiger partial charge in [0, 0.05) is 25.2 Å². The van der Waals surface area contributed by atoms with Crippen LogP contribution in [0.25, 0.3) is 0 Å². The molecule has 0 saturated carbocycles. The Balaban J connectivity index is 1.74. The van der Waals surface area contributed by atoms with Gasteiger partial charge in [0.25, 0.3) is 5.91 Å². The second-order valence-corrected chi connectivity index (χ2v) is 9.97. The van der Waals surface area contributed by atoms with Gasteiger partial charge in [-0.05, 0) is 54.7 Å². The highest BCUT2D eigenvalue weighted by atomic mass is 35.5. The Morgan fingerprint density at radius 2 is 2.00 bits per heavy atom. The molecule has 1 saturated heterocycles. The number of aliphatic hydroxyl groups excluding tert-OH is 1. The van der Waals surface area contributed by atoms with Crippen molar-refractivity contribution in [3.05, 3.63) is 64.2 Å². The van der Waals surface area contributed by atoms with E-state index in [4.69, 9.17) is 11.6 Å². The molecule has 1 aliphatic rings. The predicted octanol–water partition coefficient (Wildman–Crippen LogP) is 3.50. The molecule has 10 heteroatoms. The van der Waals surface area contributed by atoms with E-state index in [2.05, 4.69) is 5.32 Å². The molecule has 31 heavy (non-hydrogen) atoms. The Morgan fingerprint density at radius 3 is 2.68 bits per heavy atom. The van der Waals surface area contributed by atoms with Crippen molar-refractivity contribution in [3.8, 4) is 0 Å². The van der Waals surface area contributed by atoms with Gasteiger partial charge in [0.1, 0.15) is 4.90 Å². The van der Waals surface area contributed by atoms with Crippen molar-refractivity contribution in [1.29, 1.82) is 0 Å². The summed E-state index contributed by atoms with van der Waals surface area (Å²) in [5.41, 5.74) is 0.142. The summed E-state index contributed by atoms with van der Waals surface area (Å²) in [6, 6.07) is 6.85. The van der Waals surface area contributed by atoms with Crippen LogP contribution in [0.4, 0.5) is 8.78 Å². The minimum absolute atomic E-state index is 0.0107. The first-order valence-electron chi connectivity index (χ1n) is 9.80. The minimum atomic E-state index is -3.87. The van der Waals surface area contributed by atoms with Gasteiger partial charge in [0.05, 0.1) is 11.1 Å². The van der Waals surface area contributed by atoms with E-state index in [1.54, 1.807) is 0 Å². The highest BCUT2D eigenvalue weighted by Gasteiger charge is 2.31. The molecule has 2 aromatic rings. The zero-order valence-corrected chi connectivity index (χ0v) is 18.4. The Labute approximate surface area is 184 Å². The molecular formula is C21H23ClF2N2O4S. The van der Waals surface area contributed by atoms with Crippen molar-refractivity contribution in [3.63, 3.8) is 0 Å². The van der Waals surface area contributed by atoms with Crippen LogP contribution in [0.15, 0.2) is 41.3 Å². The number of halogens is 3. The molecule has 2 N–H and O–H groups in total. The summed E-state index contributed by atoms with van der Waals surface area (Å²) in [6.07, 6.45) is 0.423. The predicted molar refractivity (Wildman–Crippen MR) is 112 cm³/mol. The molecule has 1 heterocycles. The molecule has 0 aliphatic carbocycles. The zero-order chi connectivity index (χ0) is 22.8. The lowest BCUT2D eigenvalue weighted by molar-refractivity contribution is 0.0916. The number of hydrogen-bond donors (Lipinski definition) is 2.